The second-order valence-electron chi connectivity index (χ2n) is 6.21. The van der Waals surface area contributed by atoms with Gasteiger partial charge in [-0.3, -0.25) is 4.79 Å². The molecule has 2 aromatic carbocycles. The van der Waals surface area contributed by atoms with Crippen LogP contribution in [0.5, 0.6) is 0 Å². The van der Waals surface area contributed by atoms with E-state index in [9.17, 15) is 9.59 Å². The van der Waals surface area contributed by atoms with Gasteiger partial charge in [-0.25, -0.2) is 4.79 Å². The number of benzene rings is 2. The topological polar surface area (TPSA) is 73.5 Å². The van der Waals surface area contributed by atoms with E-state index in [1.165, 1.54) is 0 Å². The van der Waals surface area contributed by atoms with Crippen LogP contribution in [-0.2, 0) is 17.9 Å². The van der Waals surface area contributed by atoms with Gasteiger partial charge in [-0.2, -0.15) is 0 Å². The van der Waals surface area contributed by atoms with E-state index in [0.29, 0.717) is 31.2 Å². The number of piperazine rings is 1. The highest BCUT2D eigenvalue weighted by molar-refractivity contribution is 9.10. The van der Waals surface area contributed by atoms with E-state index in [-0.39, 0.29) is 11.9 Å². The van der Waals surface area contributed by atoms with Gasteiger partial charge in [0.1, 0.15) is 0 Å². The highest BCUT2D eigenvalue weighted by atomic mass is 79.9. The summed E-state index contributed by atoms with van der Waals surface area (Å²) in [5.41, 5.74) is 2.84. The summed E-state index contributed by atoms with van der Waals surface area (Å²) in [7, 11) is 0. The Morgan fingerprint density at radius 3 is 2.59 bits per heavy atom. The Labute approximate surface area is 171 Å². The first kappa shape index (κ1) is 19.5. The van der Waals surface area contributed by atoms with Gasteiger partial charge < -0.3 is 20.9 Å². The van der Waals surface area contributed by atoms with Crippen LogP contribution in [0.25, 0.3) is 0 Å². The predicted molar refractivity (Wildman–Crippen MR) is 110 cm³/mol. The van der Waals surface area contributed by atoms with Crippen molar-refractivity contribution in [2.75, 3.05) is 24.5 Å². The van der Waals surface area contributed by atoms with E-state index in [4.69, 9.17) is 11.6 Å². The Hall–Kier alpha value is -2.25. The third-order valence-corrected chi connectivity index (χ3v) is 5.09. The molecular weight excluding hydrogens is 432 g/mol. The van der Waals surface area contributed by atoms with E-state index >= 15 is 0 Å². The summed E-state index contributed by atoms with van der Waals surface area (Å²) in [5, 5.41) is 9.03. The number of anilines is 1. The summed E-state index contributed by atoms with van der Waals surface area (Å²) in [4.78, 5) is 25.5. The van der Waals surface area contributed by atoms with Crippen molar-refractivity contribution in [1.82, 2.24) is 16.0 Å². The Kier molecular flexibility index (Phi) is 6.58. The minimum Gasteiger partial charge on any atom is -0.360 e. The third kappa shape index (κ3) is 5.61. The van der Waals surface area contributed by atoms with E-state index in [1.807, 2.05) is 41.3 Å². The molecule has 0 aliphatic carbocycles. The van der Waals surface area contributed by atoms with Crippen LogP contribution < -0.4 is 20.9 Å². The highest BCUT2D eigenvalue weighted by Crippen LogP contribution is 2.21. The van der Waals surface area contributed by atoms with Gasteiger partial charge in [0.05, 0.1) is 6.54 Å². The zero-order valence-electron chi connectivity index (χ0n) is 14.6. The standard InChI is InChI=1S/C19H20BrClN4O2/c20-15-4-3-14(17(21)9-15)11-24-19(27)23-10-13-1-5-16(6-2-13)25-8-7-22-18(26)12-25/h1-6,9H,7-8,10-12H2,(H,22,26)(H2,23,24,27). The van der Waals surface area contributed by atoms with Gasteiger partial charge in [0.25, 0.3) is 0 Å². The van der Waals surface area contributed by atoms with Crippen LogP contribution in [0.4, 0.5) is 10.5 Å². The summed E-state index contributed by atoms with van der Waals surface area (Å²) in [6.07, 6.45) is 0. The van der Waals surface area contributed by atoms with Gasteiger partial charge in [-0.15, -0.1) is 0 Å². The average Bonchev–Trinajstić information content (AvgIpc) is 2.66. The molecule has 0 saturated carbocycles. The normalized spacial score (nSPS) is 13.9. The van der Waals surface area contributed by atoms with Gasteiger partial charge in [-0.1, -0.05) is 45.7 Å². The van der Waals surface area contributed by atoms with Crippen LogP contribution in [0.3, 0.4) is 0 Å². The number of hydrogen-bond acceptors (Lipinski definition) is 3. The maximum absolute atomic E-state index is 12.0. The zero-order chi connectivity index (χ0) is 19.2. The van der Waals surface area contributed by atoms with Gasteiger partial charge in [0, 0.05) is 41.4 Å². The molecule has 8 heteroatoms. The summed E-state index contributed by atoms with van der Waals surface area (Å²) in [6.45, 7) is 2.60. The van der Waals surface area contributed by atoms with Crippen LogP contribution in [0.1, 0.15) is 11.1 Å². The summed E-state index contributed by atoms with van der Waals surface area (Å²) in [5.74, 6) is 0.0366. The summed E-state index contributed by atoms with van der Waals surface area (Å²) < 4.78 is 0.898. The fourth-order valence-corrected chi connectivity index (χ4v) is 3.51. The second kappa shape index (κ2) is 9.10. The Bertz CT molecular complexity index is 829. The molecule has 1 aliphatic heterocycles. The Morgan fingerprint density at radius 1 is 1.15 bits per heavy atom. The number of nitrogens with one attached hydrogen (secondary N) is 3. The third-order valence-electron chi connectivity index (χ3n) is 4.25. The molecule has 0 unspecified atom stereocenters. The average molecular weight is 452 g/mol. The summed E-state index contributed by atoms with van der Waals surface area (Å²) >= 11 is 9.50. The minimum atomic E-state index is -0.259. The van der Waals surface area contributed by atoms with Crippen molar-refractivity contribution < 1.29 is 9.59 Å². The van der Waals surface area contributed by atoms with Gasteiger partial charge in [0.15, 0.2) is 0 Å². The fraction of sp³-hybridized carbons (Fsp3) is 0.263. The number of nitrogens with zero attached hydrogens (tertiary/aromatic N) is 1. The molecule has 1 fully saturated rings. The van der Waals surface area contributed by atoms with E-state index < -0.39 is 0 Å². The number of rotatable bonds is 5. The van der Waals surface area contributed by atoms with Crippen molar-refractivity contribution in [3.8, 4) is 0 Å². The molecule has 142 valence electrons. The summed E-state index contributed by atoms with van der Waals surface area (Å²) in [6, 6.07) is 13.1. The van der Waals surface area contributed by atoms with Crippen molar-refractivity contribution in [3.63, 3.8) is 0 Å². The predicted octanol–water partition coefficient (Wildman–Crippen LogP) is 3.04. The van der Waals surface area contributed by atoms with Crippen molar-refractivity contribution >= 4 is 45.2 Å². The molecule has 3 rings (SSSR count). The first-order chi connectivity index (χ1) is 13.0. The molecule has 27 heavy (non-hydrogen) atoms. The lowest BCUT2D eigenvalue weighted by atomic mass is 10.2. The molecule has 1 aliphatic rings. The largest absolute Gasteiger partial charge is 0.360 e. The maximum Gasteiger partial charge on any atom is 0.315 e. The highest BCUT2D eigenvalue weighted by Gasteiger charge is 2.16. The van der Waals surface area contributed by atoms with Crippen molar-refractivity contribution in [1.29, 1.82) is 0 Å². The number of carbonyl (C=O) groups excluding carboxylic acids is 2. The number of amides is 3. The Balaban J connectivity index is 1.46. The number of halogens is 2. The molecule has 0 atom stereocenters. The number of hydrogen-bond donors (Lipinski definition) is 3. The molecule has 1 heterocycles. The van der Waals surface area contributed by atoms with Crippen LogP contribution in [-0.4, -0.2) is 31.6 Å². The quantitative estimate of drug-likeness (QED) is 0.654. The van der Waals surface area contributed by atoms with Crippen molar-refractivity contribution in [2.45, 2.75) is 13.1 Å². The molecule has 1 saturated heterocycles. The first-order valence-corrected chi connectivity index (χ1v) is 9.74. The smallest absolute Gasteiger partial charge is 0.315 e. The molecule has 0 aromatic heterocycles. The lowest BCUT2D eigenvalue weighted by Gasteiger charge is -2.28. The molecule has 2 aromatic rings. The van der Waals surface area contributed by atoms with E-state index in [1.54, 1.807) is 6.07 Å². The molecular formula is C19H20BrClN4O2. The molecule has 6 nitrogen and oxygen atoms in total. The van der Waals surface area contributed by atoms with E-state index in [0.717, 1.165) is 27.8 Å². The first-order valence-electron chi connectivity index (χ1n) is 8.57. The van der Waals surface area contributed by atoms with Crippen LogP contribution in [0.2, 0.25) is 5.02 Å². The minimum absolute atomic E-state index is 0.0366. The van der Waals surface area contributed by atoms with Crippen molar-refractivity contribution in [2.24, 2.45) is 0 Å². The van der Waals surface area contributed by atoms with Gasteiger partial charge in [0.2, 0.25) is 5.91 Å². The SMILES string of the molecule is O=C1CN(c2ccc(CNC(=O)NCc3ccc(Br)cc3Cl)cc2)CCN1. The van der Waals surface area contributed by atoms with Crippen LogP contribution in [0, 0.1) is 0 Å². The lowest BCUT2D eigenvalue weighted by molar-refractivity contribution is -0.120. The molecule has 3 amide bonds. The van der Waals surface area contributed by atoms with E-state index in [2.05, 4.69) is 31.9 Å². The Morgan fingerprint density at radius 2 is 1.89 bits per heavy atom. The molecule has 0 radical (unpaired) electrons. The second-order valence-corrected chi connectivity index (χ2v) is 7.53. The lowest BCUT2D eigenvalue weighted by Crippen LogP contribution is -2.47. The zero-order valence-corrected chi connectivity index (χ0v) is 16.9. The fourth-order valence-electron chi connectivity index (χ4n) is 2.77. The maximum atomic E-state index is 12.0. The van der Waals surface area contributed by atoms with Crippen LogP contribution >= 0.6 is 27.5 Å². The van der Waals surface area contributed by atoms with Gasteiger partial charge >= 0.3 is 6.03 Å². The van der Waals surface area contributed by atoms with Gasteiger partial charge in [-0.05, 0) is 35.4 Å². The molecule has 3 N–H and O–H groups in total. The molecule has 0 spiro atoms. The molecule has 0 bridgehead atoms. The number of urea groups is 1. The van der Waals surface area contributed by atoms with Crippen molar-refractivity contribution in [3.05, 3.63) is 63.1 Å². The van der Waals surface area contributed by atoms with Crippen LogP contribution in [0.15, 0.2) is 46.9 Å². The monoisotopic (exact) mass is 450 g/mol. The number of carbonyl (C=O) groups is 2.